The number of rotatable bonds is 1. The van der Waals surface area contributed by atoms with Gasteiger partial charge in [0.2, 0.25) is 5.91 Å². The molecule has 0 aliphatic carbocycles. The summed E-state index contributed by atoms with van der Waals surface area (Å²) in [6.45, 7) is 1.46. The van der Waals surface area contributed by atoms with Gasteiger partial charge in [0.15, 0.2) is 0 Å². The van der Waals surface area contributed by atoms with Crippen LogP contribution >= 0.6 is 15.9 Å². The van der Waals surface area contributed by atoms with Crippen molar-refractivity contribution >= 4 is 27.5 Å². The Labute approximate surface area is 83.9 Å². The number of hydrogen-bond donors (Lipinski definition) is 1. The van der Waals surface area contributed by atoms with E-state index in [9.17, 15) is 4.79 Å². The molecule has 6 heteroatoms. The zero-order valence-corrected chi connectivity index (χ0v) is 8.55. The van der Waals surface area contributed by atoms with Gasteiger partial charge in [-0.05, 0) is 22.0 Å². The molecule has 0 aliphatic rings. The number of amides is 1. The van der Waals surface area contributed by atoms with Crippen LogP contribution in [0, 0.1) is 0 Å². The first-order valence-corrected chi connectivity index (χ1v) is 3.86. The number of carbonyl (C=O) groups excluding carboxylic acids is 1. The molecule has 0 unspecified atom stereocenters. The Morgan fingerprint density at radius 2 is 2.08 bits per heavy atom. The van der Waals surface area contributed by atoms with Crippen LogP contribution in [0.5, 0.6) is 0 Å². The Morgan fingerprint density at radius 1 is 1.46 bits per heavy atom. The van der Waals surface area contributed by atoms with E-state index >= 15 is 0 Å². The highest BCUT2D eigenvalue weighted by molar-refractivity contribution is 9.10. The quantitative estimate of drug-likeness (QED) is 0.767. The molecule has 1 amide bonds. The molecule has 1 rings (SSSR count). The number of pyridine rings is 1. The van der Waals surface area contributed by atoms with Crippen LogP contribution in [0.15, 0.2) is 22.9 Å². The normalized spacial score (nSPS) is 7.85. The summed E-state index contributed by atoms with van der Waals surface area (Å²) in [5.41, 5.74) is 0.701. The summed E-state index contributed by atoms with van der Waals surface area (Å²) in [4.78, 5) is 14.4. The van der Waals surface area contributed by atoms with Crippen LogP contribution in [0.3, 0.4) is 0 Å². The maximum atomic E-state index is 10.6. The molecule has 74 valence electrons. The summed E-state index contributed by atoms with van der Waals surface area (Å²) in [6.07, 6.45) is 3.25. The molecular formula is C7H11BrN2O3. The molecule has 13 heavy (non-hydrogen) atoms. The molecule has 1 aromatic heterocycles. The summed E-state index contributed by atoms with van der Waals surface area (Å²) in [6, 6.07) is 1.79. The van der Waals surface area contributed by atoms with Crippen LogP contribution in [0.25, 0.3) is 0 Å². The Morgan fingerprint density at radius 3 is 2.54 bits per heavy atom. The zero-order chi connectivity index (χ0) is 8.27. The first-order chi connectivity index (χ1) is 5.18. The SMILES string of the molecule is CC(=O)Nc1cncc(Br)c1.O.O. The second-order valence-corrected chi connectivity index (χ2v) is 2.99. The van der Waals surface area contributed by atoms with Gasteiger partial charge in [-0.15, -0.1) is 0 Å². The second-order valence-electron chi connectivity index (χ2n) is 2.07. The summed E-state index contributed by atoms with van der Waals surface area (Å²) in [7, 11) is 0. The predicted octanol–water partition coefficient (Wildman–Crippen LogP) is 0.153. The van der Waals surface area contributed by atoms with Gasteiger partial charge in [0.1, 0.15) is 0 Å². The molecule has 5 nitrogen and oxygen atoms in total. The number of aromatic nitrogens is 1. The van der Waals surface area contributed by atoms with Gasteiger partial charge in [0.05, 0.1) is 11.9 Å². The topological polar surface area (TPSA) is 105 Å². The van der Waals surface area contributed by atoms with Crippen LogP contribution in [0.4, 0.5) is 5.69 Å². The number of hydrogen-bond acceptors (Lipinski definition) is 2. The van der Waals surface area contributed by atoms with Crippen LogP contribution in [-0.4, -0.2) is 21.8 Å². The molecule has 0 saturated carbocycles. The predicted molar refractivity (Wildman–Crippen MR) is 53.5 cm³/mol. The van der Waals surface area contributed by atoms with Crippen molar-refractivity contribution < 1.29 is 15.7 Å². The highest BCUT2D eigenvalue weighted by atomic mass is 79.9. The number of halogens is 1. The van der Waals surface area contributed by atoms with E-state index in [1.807, 2.05) is 0 Å². The van der Waals surface area contributed by atoms with Crippen LogP contribution in [-0.2, 0) is 4.79 Å². The summed E-state index contributed by atoms with van der Waals surface area (Å²) < 4.78 is 0.851. The molecular weight excluding hydrogens is 240 g/mol. The van der Waals surface area contributed by atoms with Gasteiger partial charge in [-0.25, -0.2) is 0 Å². The lowest BCUT2D eigenvalue weighted by atomic mass is 10.4. The van der Waals surface area contributed by atoms with Gasteiger partial charge in [-0.1, -0.05) is 0 Å². The molecule has 0 atom stereocenters. The van der Waals surface area contributed by atoms with Crippen molar-refractivity contribution in [1.29, 1.82) is 0 Å². The summed E-state index contributed by atoms with van der Waals surface area (Å²) in [5, 5.41) is 2.61. The van der Waals surface area contributed by atoms with Crippen molar-refractivity contribution in [2.24, 2.45) is 0 Å². The first-order valence-electron chi connectivity index (χ1n) is 3.06. The largest absolute Gasteiger partial charge is 0.412 e. The second kappa shape index (κ2) is 6.53. The minimum absolute atomic E-state index is 0. The maximum absolute atomic E-state index is 10.6. The fourth-order valence-corrected chi connectivity index (χ4v) is 1.05. The van der Waals surface area contributed by atoms with Crippen molar-refractivity contribution in [2.45, 2.75) is 6.92 Å². The molecule has 0 radical (unpaired) electrons. The van der Waals surface area contributed by atoms with Crippen LogP contribution in [0.1, 0.15) is 6.92 Å². The van der Waals surface area contributed by atoms with Crippen LogP contribution in [0.2, 0.25) is 0 Å². The monoisotopic (exact) mass is 250 g/mol. The molecule has 5 N–H and O–H groups in total. The summed E-state index contributed by atoms with van der Waals surface area (Å²) in [5.74, 6) is -0.0927. The average molecular weight is 251 g/mol. The van der Waals surface area contributed by atoms with E-state index in [1.54, 1.807) is 18.5 Å². The molecule has 1 heterocycles. The minimum atomic E-state index is -0.0927. The minimum Gasteiger partial charge on any atom is -0.412 e. The van der Waals surface area contributed by atoms with E-state index in [2.05, 4.69) is 26.2 Å². The van der Waals surface area contributed by atoms with Gasteiger partial charge < -0.3 is 16.3 Å². The highest BCUT2D eigenvalue weighted by Gasteiger charge is 1.94. The van der Waals surface area contributed by atoms with Crippen molar-refractivity contribution in [2.75, 3.05) is 5.32 Å². The van der Waals surface area contributed by atoms with Crippen molar-refractivity contribution in [3.63, 3.8) is 0 Å². The molecule has 1 aromatic rings. The zero-order valence-electron chi connectivity index (χ0n) is 6.97. The lowest BCUT2D eigenvalue weighted by Gasteiger charge is -1.99. The Balaban J connectivity index is 0. The molecule has 0 aromatic carbocycles. The van der Waals surface area contributed by atoms with Gasteiger partial charge in [-0.2, -0.15) is 0 Å². The average Bonchev–Trinajstić information content (AvgIpc) is 1.85. The van der Waals surface area contributed by atoms with Crippen molar-refractivity contribution in [3.8, 4) is 0 Å². The van der Waals surface area contributed by atoms with E-state index in [-0.39, 0.29) is 16.9 Å². The Kier molecular flexibility index (Phi) is 7.30. The highest BCUT2D eigenvalue weighted by Crippen LogP contribution is 2.12. The Bertz CT molecular complexity index is 280. The van der Waals surface area contributed by atoms with Gasteiger partial charge >= 0.3 is 0 Å². The molecule has 0 spiro atoms. The van der Waals surface area contributed by atoms with E-state index in [4.69, 9.17) is 0 Å². The molecule has 0 bridgehead atoms. The molecule has 0 fully saturated rings. The maximum Gasteiger partial charge on any atom is 0.221 e. The summed E-state index contributed by atoms with van der Waals surface area (Å²) >= 11 is 3.24. The number of nitrogens with zero attached hydrogens (tertiary/aromatic N) is 1. The van der Waals surface area contributed by atoms with Gasteiger partial charge in [0.25, 0.3) is 0 Å². The fourth-order valence-electron chi connectivity index (χ4n) is 0.683. The van der Waals surface area contributed by atoms with E-state index in [0.29, 0.717) is 5.69 Å². The van der Waals surface area contributed by atoms with E-state index < -0.39 is 0 Å². The number of carbonyl (C=O) groups is 1. The lowest BCUT2D eigenvalue weighted by molar-refractivity contribution is -0.114. The third-order valence-electron chi connectivity index (χ3n) is 1.03. The van der Waals surface area contributed by atoms with E-state index in [0.717, 1.165) is 4.47 Å². The first kappa shape index (κ1) is 14.5. The van der Waals surface area contributed by atoms with Crippen LogP contribution < -0.4 is 5.32 Å². The van der Waals surface area contributed by atoms with Gasteiger partial charge in [0, 0.05) is 17.6 Å². The number of nitrogens with one attached hydrogen (secondary N) is 1. The molecule has 0 saturated heterocycles. The van der Waals surface area contributed by atoms with Crippen molar-refractivity contribution in [1.82, 2.24) is 4.98 Å². The standard InChI is InChI=1S/C7H7BrN2O.2H2O/c1-5(11)10-7-2-6(8)3-9-4-7;;/h2-4H,1H3,(H,10,11);2*1H2. The lowest BCUT2D eigenvalue weighted by Crippen LogP contribution is -2.05. The van der Waals surface area contributed by atoms with Crippen molar-refractivity contribution in [3.05, 3.63) is 22.9 Å². The van der Waals surface area contributed by atoms with Gasteiger partial charge in [-0.3, -0.25) is 9.78 Å². The smallest absolute Gasteiger partial charge is 0.221 e. The van der Waals surface area contributed by atoms with E-state index in [1.165, 1.54) is 6.92 Å². The molecule has 0 aliphatic heterocycles. The number of anilines is 1. The Hall–Kier alpha value is -0.980. The third kappa shape index (κ3) is 5.29. The fraction of sp³-hybridized carbons (Fsp3) is 0.143. The third-order valence-corrected chi connectivity index (χ3v) is 1.46.